The molecule has 1 aromatic heterocycles. The van der Waals surface area contributed by atoms with Crippen molar-refractivity contribution in [3.8, 4) is 5.75 Å². The Morgan fingerprint density at radius 3 is 2.57 bits per heavy atom. The minimum Gasteiger partial charge on any atom is -0.489 e. The van der Waals surface area contributed by atoms with Crippen molar-refractivity contribution < 1.29 is 9.53 Å². The lowest BCUT2D eigenvalue weighted by Crippen LogP contribution is -2.09. The number of amides is 1. The number of aryl methyl sites for hydroxylation is 1. The predicted molar refractivity (Wildman–Crippen MR) is 94.2 cm³/mol. The lowest BCUT2D eigenvalue weighted by molar-refractivity contribution is 0.103. The highest BCUT2D eigenvalue weighted by molar-refractivity contribution is 7.12. The van der Waals surface area contributed by atoms with Crippen LogP contribution in [0.4, 0.5) is 5.69 Å². The summed E-state index contributed by atoms with van der Waals surface area (Å²) in [6.45, 7) is 2.50. The zero-order chi connectivity index (χ0) is 16.1. The SMILES string of the molecule is Cc1ccc(OCc2csc(C(=O)Nc3ccccc3)c2)cc1. The third-order valence-corrected chi connectivity index (χ3v) is 4.31. The highest BCUT2D eigenvalue weighted by Gasteiger charge is 2.09. The van der Waals surface area contributed by atoms with Crippen molar-refractivity contribution in [3.63, 3.8) is 0 Å². The van der Waals surface area contributed by atoms with Crippen LogP contribution in [0.15, 0.2) is 66.0 Å². The molecule has 116 valence electrons. The molecule has 0 fully saturated rings. The molecule has 0 aliphatic carbocycles. The Labute approximate surface area is 139 Å². The van der Waals surface area contributed by atoms with Gasteiger partial charge in [-0.3, -0.25) is 4.79 Å². The van der Waals surface area contributed by atoms with Gasteiger partial charge in [0.25, 0.3) is 5.91 Å². The second kappa shape index (κ2) is 7.11. The summed E-state index contributed by atoms with van der Waals surface area (Å²) in [4.78, 5) is 12.9. The molecule has 0 radical (unpaired) electrons. The second-order valence-corrected chi connectivity index (χ2v) is 6.15. The molecule has 0 aliphatic rings. The van der Waals surface area contributed by atoms with Crippen LogP contribution in [0.2, 0.25) is 0 Å². The van der Waals surface area contributed by atoms with Crippen molar-refractivity contribution in [2.75, 3.05) is 5.32 Å². The standard InChI is InChI=1S/C19H17NO2S/c1-14-7-9-17(10-8-14)22-12-15-11-18(23-13-15)19(21)20-16-5-3-2-4-6-16/h2-11,13H,12H2,1H3,(H,20,21). The molecule has 0 unspecified atom stereocenters. The fourth-order valence-electron chi connectivity index (χ4n) is 2.09. The Morgan fingerprint density at radius 1 is 1.09 bits per heavy atom. The van der Waals surface area contributed by atoms with Gasteiger partial charge >= 0.3 is 0 Å². The van der Waals surface area contributed by atoms with E-state index in [1.807, 2.05) is 73.0 Å². The van der Waals surface area contributed by atoms with E-state index in [4.69, 9.17) is 4.74 Å². The molecule has 3 nitrogen and oxygen atoms in total. The zero-order valence-electron chi connectivity index (χ0n) is 12.8. The fourth-order valence-corrected chi connectivity index (χ4v) is 2.88. The topological polar surface area (TPSA) is 38.3 Å². The first-order chi connectivity index (χ1) is 11.2. The van der Waals surface area contributed by atoms with Crippen LogP contribution in [0.3, 0.4) is 0 Å². The number of para-hydroxylation sites is 1. The minimum absolute atomic E-state index is 0.0946. The number of ether oxygens (including phenoxy) is 1. The van der Waals surface area contributed by atoms with Crippen LogP contribution in [0.1, 0.15) is 20.8 Å². The molecule has 0 spiro atoms. The average molecular weight is 323 g/mol. The van der Waals surface area contributed by atoms with E-state index >= 15 is 0 Å². The van der Waals surface area contributed by atoms with Gasteiger partial charge < -0.3 is 10.1 Å². The highest BCUT2D eigenvalue weighted by atomic mass is 32.1. The third-order valence-electron chi connectivity index (χ3n) is 3.34. The summed E-state index contributed by atoms with van der Waals surface area (Å²) in [6.07, 6.45) is 0. The predicted octanol–water partition coefficient (Wildman–Crippen LogP) is 4.89. The van der Waals surface area contributed by atoms with Gasteiger partial charge in [0.05, 0.1) is 4.88 Å². The van der Waals surface area contributed by atoms with E-state index in [0.717, 1.165) is 17.0 Å². The summed E-state index contributed by atoms with van der Waals surface area (Å²) in [5.74, 6) is 0.736. The van der Waals surface area contributed by atoms with Crippen LogP contribution in [-0.4, -0.2) is 5.91 Å². The molecular formula is C19H17NO2S. The number of anilines is 1. The number of carbonyl (C=O) groups is 1. The molecule has 23 heavy (non-hydrogen) atoms. The second-order valence-electron chi connectivity index (χ2n) is 5.24. The van der Waals surface area contributed by atoms with E-state index in [2.05, 4.69) is 5.32 Å². The lowest BCUT2D eigenvalue weighted by Gasteiger charge is -2.05. The molecule has 0 saturated carbocycles. The maximum atomic E-state index is 12.2. The van der Waals surface area contributed by atoms with Gasteiger partial charge in [0.1, 0.15) is 12.4 Å². The summed E-state index contributed by atoms with van der Waals surface area (Å²) in [5, 5.41) is 4.83. The number of rotatable bonds is 5. The van der Waals surface area contributed by atoms with E-state index in [9.17, 15) is 4.79 Å². The maximum absolute atomic E-state index is 12.2. The van der Waals surface area contributed by atoms with Gasteiger partial charge in [-0.1, -0.05) is 35.9 Å². The summed E-state index contributed by atoms with van der Waals surface area (Å²) >= 11 is 1.42. The molecule has 2 aromatic carbocycles. The summed E-state index contributed by atoms with van der Waals surface area (Å²) in [7, 11) is 0. The first kappa shape index (κ1) is 15.3. The molecular weight excluding hydrogens is 306 g/mol. The largest absolute Gasteiger partial charge is 0.489 e. The Morgan fingerprint density at radius 2 is 1.83 bits per heavy atom. The Balaban J connectivity index is 1.59. The Bertz CT molecular complexity index is 779. The number of benzene rings is 2. The number of nitrogens with one attached hydrogen (secondary N) is 1. The van der Waals surface area contributed by atoms with Crippen molar-refractivity contribution in [2.24, 2.45) is 0 Å². The Hall–Kier alpha value is -2.59. The van der Waals surface area contributed by atoms with Crippen molar-refractivity contribution in [2.45, 2.75) is 13.5 Å². The van der Waals surface area contributed by atoms with Crippen molar-refractivity contribution in [3.05, 3.63) is 82.0 Å². The fraction of sp³-hybridized carbons (Fsp3) is 0.105. The van der Waals surface area contributed by atoms with Gasteiger partial charge in [0.15, 0.2) is 0 Å². The van der Waals surface area contributed by atoms with Crippen LogP contribution >= 0.6 is 11.3 Å². The molecule has 0 saturated heterocycles. The van der Waals surface area contributed by atoms with Crippen LogP contribution in [-0.2, 0) is 6.61 Å². The van der Waals surface area contributed by atoms with E-state index in [1.54, 1.807) is 0 Å². The molecule has 3 rings (SSSR count). The smallest absolute Gasteiger partial charge is 0.265 e. The van der Waals surface area contributed by atoms with Crippen molar-refractivity contribution >= 4 is 22.9 Å². The molecule has 4 heteroatoms. The highest BCUT2D eigenvalue weighted by Crippen LogP contribution is 2.19. The lowest BCUT2D eigenvalue weighted by atomic mass is 10.2. The Kier molecular flexibility index (Phi) is 4.74. The van der Waals surface area contributed by atoms with Crippen molar-refractivity contribution in [1.29, 1.82) is 0 Å². The maximum Gasteiger partial charge on any atom is 0.265 e. The summed E-state index contributed by atoms with van der Waals surface area (Å²) in [6, 6.07) is 19.2. The first-order valence-corrected chi connectivity index (χ1v) is 8.22. The molecule has 1 heterocycles. The molecule has 0 atom stereocenters. The summed E-state index contributed by atoms with van der Waals surface area (Å²) < 4.78 is 5.73. The van der Waals surface area contributed by atoms with Gasteiger partial charge in [-0.15, -0.1) is 11.3 Å². The van der Waals surface area contributed by atoms with Crippen LogP contribution in [0, 0.1) is 6.92 Å². The van der Waals surface area contributed by atoms with Gasteiger partial charge in [-0.05, 0) is 42.6 Å². The molecule has 3 aromatic rings. The molecule has 0 bridgehead atoms. The van der Waals surface area contributed by atoms with Crippen molar-refractivity contribution in [1.82, 2.24) is 0 Å². The van der Waals surface area contributed by atoms with Gasteiger partial charge in [-0.2, -0.15) is 0 Å². The van der Waals surface area contributed by atoms with Gasteiger partial charge in [0.2, 0.25) is 0 Å². The third kappa shape index (κ3) is 4.20. The van der Waals surface area contributed by atoms with Crippen LogP contribution in [0.5, 0.6) is 5.75 Å². The average Bonchev–Trinajstić information content (AvgIpc) is 3.04. The number of hydrogen-bond donors (Lipinski definition) is 1. The molecule has 0 aliphatic heterocycles. The van der Waals surface area contributed by atoms with Gasteiger partial charge in [0, 0.05) is 11.3 Å². The monoisotopic (exact) mass is 323 g/mol. The van der Waals surface area contributed by atoms with E-state index in [1.165, 1.54) is 16.9 Å². The van der Waals surface area contributed by atoms with Gasteiger partial charge in [-0.25, -0.2) is 0 Å². The number of carbonyl (C=O) groups excluding carboxylic acids is 1. The minimum atomic E-state index is -0.0946. The van der Waals surface area contributed by atoms with E-state index in [0.29, 0.717) is 11.5 Å². The normalized spacial score (nSPS) is 10.3. The molecule has 1 N–H and O–H groups in total. The summed E-state index contributed by atoms with van der Waals surface area (Å²) in [5.41, 5.74) is 2.99. The van der Waals surface area contributed by atoms with E-state index in [-0.39, 0.29) is 5.91 Å². The van der Waals surface area contributed by atoms with Crippen LogP contribution < -0.4 is 10.1 Å². The van der Waals surface area contributed by atoms with Crippen LogP contribution in [0.25, 0.3) is 0 Å². The first-order valence-electron chi connectivity index (χ1n) is 7.34. The quantitative estimate of drug-likeness (QED) is 0.726. The molecule has 1 amide bonds. The number of thiophene rings is 1. The number of hydrogen-bond acceptors (Lipinski definition) is 3. The van der Waals surface area contributed by atoms with E-state index < -0.39 is 0 Å². The zero-order valence-corrected chi connectivity index (χ0v) is 13.6.